The summed E-state index contributed by atoms with van der Waals surface area (Å²) in [4.78, 5) is 23.1. The molecule has 0 amide bonds. The average molecular weight is 1400 g/mol. The van der Waals surface area contributed by atoms with E-state index in [1.807, 2.05) is 37.3 Å². The summed E-state index contributed by atoms with van der Waals surface area (Å²) in [6, 6.07) is 22.3. The second-order valence-corrected chi connectivity index (χ2v) is 37.4. The molecule has 556 valence electrons. The standard InChI is InChI=1S/C14H21N3.C14H24N2.C13H19N3.C12H17N3.C12H19N.C10H18N2.C9H16N2S/c1-13(2,3)11-8-7-10-9-17(14(4,5)6)16-12(10)15-11;1-10(2)16-12-9-7-6-8-11(12)13(15-16)14(3,4)5;1-9(2)11-7-6-10-8-14-16(12(10)15-11)13(3,4)5;1-8(2)11-6-5-10-7-13-15(9(3)4)12(10)14-11;1-9(2)10-7-6-8-11(13-10)12(3,4)5;1-8(2)12-7-6-9(11-12)10(3,4)5;1-6(2)7-10-8(11-12-7)9(3,4)5/h7-9H,1-6H3;10H,6-9H2,1-5H3;6-9H,1-5H3;5-9H,1-4H3;6-9H,1-5H3;6-8H,1-5H3;6H,1-5H3. The molecule has 10 heterocycles. The van der Waals surface area contributed by atoms with Gasteiger partial charge in [0.1, 0.15) is 10.8 Å². The molecule has 0 N–H and O–H groups in total. The predicted molar refractivity (Wildman–Crippen MR) is 429 cm³/mol. The Bertz CT molecular complexity index is 4110. The number of fused-ring (bicyclic) bond motifs is 4. The molecule has 0 spiro atoms. The van der Waals surface area contributed by atoms with Crippen LogP contribution >= 0.6 is 11.5 Å². The monoisotopic (exact) mass is 1400 g/mol. The molecule has 10 aromatic rings. The number of hydrogen-bond acceptors (Lipinski definition) is 12. The van der Waals surface area contributed by atoms with Gasteiger partial charge in [-0.3, -0.25) is 19.0 Å². The van der Waals surface area contributed by atoms with Crippen molar-refractivity contribution in [2.75, 3.05) is 0 Å². The van der Waals surface area contributed by atoms with Crippen LogP contribution in [-0.4, -0.2) is 78.2 Å². The molecule has 0 bridgehead atoms. The predicted octanol–water partition coefficient (Wildman–Crippen LogP) is 22.8. The van der Waals surface area contributed by atoms with E-state index in [9.17, 15) is 0 Å². The lowest BCUT2D eigenvalue weighted by molar-refractivity contribution is 0.358. The van der Waals surface area contributed by atoms with Gasteiger partial charge in [-0.05, 0) is 198 Å². The molecular formula is C84H134N16S. The van der Waals surface area contributed by atoms with Crippen molar-refractivity contribution in [3.63, 3.8) is 0 Å². The minimum Gasteiger partial charge on any atom is -0.270 e. The van der Waals surface area contributed by atoms with Crippen molar-refractivity contribution in [3.05, 3.63) is 147 Å². The highest BCUT2D eigenvalue weighted by atomic mass is 32.1. The number of aromatic nitrogens is 16. The molecule has 101 heavy (non-hydrogen) atoms. The molecule has 1 aliphatic rings. The van der Waals surface area contributed by atoms with Gasteiger partial charge in [-0.2, -0.15) is 29.9 Å². The first-order chi connectivity index (χ1) is 46.3. The lowest BCUT2D eigenvalue weighted by atomic mass is 9.84. The summed E-state index contributed by atoms with van der Waals surface area (Å²) in [5.74, 6) is 2.90. The second kappa shape index (κ2) is 34.1. The van der Waals surface area contributed by atoms with E-state index in [4.69, 9.17) is 10.1 Å². The maximum atomic E-state index is 4.88. The summed E-state index contributed by atoms with van der Waals surface area (Å²) in [7, 11) is 0. The molecule has 16 nitrogen and oxygen atoms in total. The van der Waals surface area contributed by atoms with Gasteiger partial charge in [-0.25, -0.2) is 29.3 Å². The molecule has 17 heteroatoms. The Morgan fingerprint density at radius 3 is 1.36 bits per heavy atom. The SMILES string of the molecule is CC(C)(C)c1ccc2cn(C(C)(C)C)nc2n1.CC(C)c1ccc2cnn(C(C)(C)C)c2n1.CC(C)c1ccc2cnn(C(C)C)c2n1.CC(C)c1cccc(C(C)(C)C)n1.CC(C)c1nc(C(C)(C)C)ns1.CC(C)n1ccc(C(C)(C)C)n1.CC(C)n1nc(C(C)(C)C)c2c1CCCC2. The first-order valence-electron chi connectivity index (χ1n) is 37.4. The highest BCUT2D eigenvalue weighted by Crippen LogP contribution is 2.34. The summed E-state index contributed by atoms with van der Waals surface area (Å²) in [6.45, 7) is 76.0. The highest BCUT2D eigenvalue weighted by Gasteiger charge is 2.29. The quantitative estimate of drug-likeness (QED) is 0.149. The van der Waals surface area contributed by atoms with Crippen LogP contribution in [0.5, 0.6) is 0 Å². The van der Waals surface area contributed by atoms with Gasteiger partial charge >= 0.3 is 0 Å². The van der Waals surface area contributed by atoms with E-state index in [1.54, 1.807) is 5.56 Å². The molecule has 0 atom stereocenters. The Kier molecular flexibility index (Phi) is 28.5. The minimum atomic E-state index is -0.0235. The smallest absolute Gasteiger partial charge is 0.181 e. The van der Waals surface area contributed by atoms with Crippen LogP contribution in [0.3, 0.4) is 0 Å². The molecule has 10 aromatic heterocycles. The van der Waals surface area contributed by atoms with Crippen LogP contribution in [0.2, 0.25) is 0 Å². The van der Waals surface area contributed by atoms with Crippen LogP contribution in [0.1, 0.15) is 359 Å². The van der Waals surface area contributed by atoms with E-state index in [2.05, 4.69) is 359 Å². The van der Waals surface area contributed by atoms with Crippen molar-refractivity contribution in [2.45, 2.75) is 348 Å². The zero-order valence-electron chi connectivity index (χ0n) is 69.5. The van der Waals surface area contributed by atoms with E-state index < -0.39 is 0 Å². The van der Waals surface area contributed by atoms with Gasteiger partial charge in [0.25, 0.3) is 0 Å². The molecule has 0 fully saturated rings. The third-order valence-electron chi connectivity index (χ3n) is 17.1. The van der Waals surface area contributed by atoms with Crippen LogP contribution in [-0.2, 0) is 51.0 Å². The zero-order valence-corrected chi connectivity index (χ0v) is 70.3. The molecule has 0 radical (unpaired) electrons. The molecular weight excluding hydrogens is 1270 g/mol. The second-order valence-electron chi connectivity index (χ2n) is 36.6. The molecule has 0 saturated carbocycles. The average Bonchev–Trinajstić information content (AvgIpc) is 1.64. The molecule has 1 aliphatic carbocycles. The molecule has 0 aliphatic heterocycles. The van der Waals surface area contributed by atoms with Crippen molar-refractivity contribution in [2.24, 2.45) is 0 Å². The highest BCUT2D eigenvalue weighted by molar-refractivity contribution is 7.05. The van der Waals surface area contributed by atoms with Gasteiger partial charge in [0.05, 0.1) is 34.9 Å². The Morgan fingerprint density at radius 1 is 0.406 bits per heavy atom. The third-order valence-corrected chi connectivity index (χ3v) is 18.1. The Labute approximate surface area is 614 Å². The minimum absolute atomic E-state index is 0.00258. The largest absolute Gasteiger partial charge is 0.270 e. The van der Waals surface area contributed by atoms with Gasteiger partial charge in [0, 0.05) is 114 Å². The van der Waals surface area contributed by atoms with Crippen molar-refractivity contribution in [1.82, 2.24) is 78.2 Å². The fourth-order valence-corrected chi connectivity index (χ4v) is 11.5. The summed E-state index contributed by atoms with van der Waals surface area (Å²) in [5, 5.41) is 27.2. The number of hydrogen-bond donors (Lipinski definition) is 0. The fraction of sp³-hybridized carbons (Fsp3) is 0.631. The number of pyridine rings is 4. The summed E-state index contributed by atoms with van der Waals surface area (Å²) >= 11 is 1.52. The first kappa shape index (κ1) is 84.6. The third kappa shape index (κ3) is 24.0. The van der Waals surface area contributed by atoms with E-state index in [0.717, 1.165) is 66.7 Å². The van der Waals surface area contributed by atoms with Crippen molar-refractivity contribution in [3.8, 4) is 0 Å². The molecule has 0 unspecified atom stereocenters. The van der Waals surface area contributed by atoms with E-state index in [-0.39, 0.29) is 38.2 Å². The van der Waals surface area contributed by atoms with E-state index in [1.165, 1.54) is 60.0 Å². The maximum absolute atomic E-state index is 4.88. The van der Waals surface area contributed by atoms with Crippen LogP contribution in [0.25, 0.3) is 33.1 Å². The van der Waals surface area contributed by atoms with E-state index in [0.29, 0.717) is 41.8 Å². The van der Waals surface area contributed by atoms with Gasteiger partial charge in [0.15, 0.2) is 16.9 Å². The maximum Gasteiger partial charge on any atom is 0.181 e. The normalized spacial score (nSPS) is 13.2. The van der Waals surface area contributed by atoms with Crippen molar-refractivity contribution in [1.29, 1.82) is 0 Å². The van der Waals surface area contributed by atoms with Crippen LogP contribution < -0.4 is 0 Å². The summed E-state index contributed by atoms with van der Waals surface area (Å²) in [5.41, 5.74) is 14.7. The van der Waals surface area contributed by atoms with Crippen LogP contribution in [0, 0.1) is 0 Å². The molecule has 0 saturated heterocycles. The van der Waals surface area contributed by atoms with Crippen molar-refractivity contribution < 1.29 is 0 Å². The fourth-order valence-electron chi connectivity index (χ4n) is 10.7. The number of rotatable bonds is 7. The van der Waals surface area contributed by atoms with Crippen LogP contribution in [0.15, 0.2) is 85.5 Å². The van der Waals surface area contributed by atoms with Gasteiger partial charge in [-0.15, -0.1) is 0 Å². The summed E-state index contributed by atoms with van der Waals surface area (Å²) in [6.07, 6.45) is 13.0. The van der Waals surface area contributed by atoms with Gasteiger partial charge in [0.2, 0.25) is 0 Å². The Hall–Kier alpha value is -7.01. The van der Waals surface area contributed by atoms with E-state index >= 15 is 0 Å². The zero-order chi connectivity index (χ0) is 76.5. The summed E-state index contributed by atoms with van der Waals surface area (Å²) < 4.78 is 14.5. The first-order valence-corrected chi connectivity index (χ1v) is 38.1. The number of nitrogens with zero attached hydrogens (tertiary/aromatic N) is 16. The van der Waals surface area contributed by atoms with Gasteiger partial charge in [-0.1, -0.05) is 165 Å². The Morgan fingerprint density at radius 2 is 0.911 bits per heavy atom. The van der Waals surface area contributed by atoms with Crippen LogP contribution in [0.4, 0.5) is 0 Å². The van der Waals surface area contributed by atoms with Crippen molar-refractivity contribution >= 4 is 44.6 Å². The molecule has 11 rings (SSSR count). The lowest BCUT2D eigenvalue weighted by Crippen LogP contribution is -2.23. The molecule has 0 aromatic carbocycles. The lowest BCUT2D eigenvalue weighted by Gasteiger charge is -2.20. The van der Waals surface area contributed by atoms with Gasteiger partial charge < -0.3 is 0 Å². The Balaban J connectivity index is 0.000000213. The topological polar surface area (TPSA) is 166 Å².